The Hall–Kier alpha value is -6.61. The zero-order valence-electron chi connectivity index (χ0n) is 58.4. The molecule has 13 nitrogen and oxygen atoms in total. The van der Waals surface area contributed by atoms with Crippen LogP contribution in [0.15, 0.2) is 158 Å². The molecule has 3 N–H and O–H groups in total. The number of phenolic OH excluding ortho intramolecular Hbond substituents is 1. The van der Waals surface area contributed by atoms with Gasteiger partial charge in [-0.2, -0.15) is 0 Å². The average molecular weight is 1370 g/mol. The van der Waals surface area contributed by atoms with Crippen LogP contribution in [0.3, 0.4) is 0 Å². The number of phosphoric ester groups is 1. The third-order valence-corrected chi connectivity index (χ3v) is 20.5. The molecule has 0 aromatic heterocycles. The van der Waals surface area contributed by atoms with E-state index in [-0.39, 0.29) is 23.3 Å². The summed E-state index contributed by atoms with van der Waals surface area (Å²) < 4.78 is 52.3. The maximum absolute atomic E-state index is 12.3. The summed E-state index contributed by atoms with van der Waals surface area (Å²) in [5.74, 6) is 5.39. The number of allylic oxidation sites excluding steroid dienone is 2. The molecule has 0 aliphatic carbocycles. The standard InChI is InChI=1S/C40H56NO7PS.C40H55NO4S/c1-4-6-16-31-50(46)32-17-11-9-7-8-10-15-28-41(33(3)42)29-30-47-37-24-20-35(21-25-37)40(39(5-2)34-18-13-12-14-19-34)36-22-26-38(27-23-36)48-49(43,44)45;1-4-6-16-31-46(44)32-17-11-9-7-8-10-15-28-41(33(3)42)29-30-45-38-26-22-36(23-27-38)40(35-20-24-37(43)25-21-35)39(5-2)34-18-13-12-14-19-34/h12-14,18-27H,4-11,15-17,28-32H2,1-3H3,(H2,43,44,45);12-14,18-27,43H,4-11,15-17,28-32H2,1-3H3/b40-39+;40-39-. The Morgan fingerprint density at radius 3 is 1.00 bits per heavy atom. The van der Waals surface area contributed by atoms with Crippen molar-refractivity contribution in [2.45, 2.75) is 183 Å². The van der Waals surface area contributed by atoms with Crippen LogP contribution in [-0.2, 0) is 35.8 Å². The Morgan fingerprint density at radius 2 is 0.688 bits per heavy atom. The van der Waals surface area contributed by atoms with Crippen molar-refractivity contribution in [2.75, 3.05) is 62.4 Å². The summed E-state index contributed by atoms with van der Waals surface area (Å²) in [5.41, 5.74) is 10.8. The molecule has 2 atom stereocenters. The van der Waals surface area contributed by atoms with E-state index in [9.17, 15) is 37.5 Å². The lowest BCUT2D eigenvalue weighted by Crippen LogP contribution is -2.33. The fourth-order valence-corrected chi connectivity index (χ4v) is 14.7. The minimum atomic E-state index is -4.66. The summed E-state index contributed by atoms with van der Waals surface area (Å²) in [7, 11) is -5.94. The van der Waals surface area contributed by atoms with Crippen molar-refractivity contribution in [2.24, 2.45) is 0 Å². The predicted octanol–water partition coefficient (Wildman–Crippen LogP) is 19.1. The first-order chi connectivity index (χ1) is 46.5. The molecular formula is C80H111N2O11PS2. The molecule has 0 heterocycles. The predicted molar refractivity (Wildman–Crippen MR) is 400 cm³/mol. The van der Waals surface area contributed by atoms with Gasteiger partial charge in [0.05, 0.1) is 13.1 Å². The number of unbranched alkanes of at least 4 members (excludes halogenated alkanes) is 16. The van der Waals surface area contributed by atoms with Crippen LogP contribution in [0, 0.1) is 0 Å². The van der Waals surface area contributed by atoms with Crippen molar-refractivity contribution in [1.29, 1.82) is 0 Å². The molecule has 0 saturated carbocycles. The monoisotopic (exact) mass is 1370 g/mol. The van der Waals surface area contributed by atoms with Crippen LogP contribution in [-0.4, -0.2) is 107 Å². The van der Waals surface area contributed by atoms with E-state index in [1.807, 2.05) is 82.6 Å². The molecular weight excluding hydrogens is 1260 g/mol. The number of hydrogen-bond donors (Lipinski definition) is 3. The number of amides is 2. The highest BCUT2D eigenvalue weighted by Crippen LogP contribution is 2.40. The lowest BCUT2D eigenvalue weighted by Gasteiger charge is -2.21. The second-order valence-corrected chi connectivity index (χ2v) is 29.2. The second kappa shape index (κ2) is 46.6. The van der Waals surface area contributed by atoms with Crippen LogP contribution < -0.4 is 14.0 Å². The van der Waals surface area contributed by atoms with E-state index in [1.54, 1.807) is 50.2 Å². The molecule has 6 aromatic rings. The highest BCUT2D eigenvalue weighted by atomic mass is 32.2. The molecule has 0 aliphatic rings. The Morgan fingerprint density at radius 1 is 0.385 bits per heavy atom. The topological polar surface area (TPSA) is 180 Å². The molecule has 0 fully saturated rings. The van der Waals surface area contributed by atoms with Crippen LogP contribution in [0.25, 0.3) is 22.3 Å². The lowest BCUT2D eigenvalue weighted by molar-refractivity contribution is -0.130. The summed E-state index contributed by atoms with van der Waals surface area (Å²) in [6.45, 7) is 15.3. The first-order valence-corrected chi connectivity index (χ1v) is 39.9. The van der Waals surface area contributed by atoms with Crippen LogP contribution in [0.1, 0.15) is 216 Å². The molecule has 2 amide bonds. The van der Waals surface area contributed by atoms with Gasteiger partial charge >= 0.3 is 7.82 Å². The SMILES string of the molecule is CCCCCS(=O)CCCCCCCCCN(CCOc1ccc(/C(=C(/CC)c2ccccc2)c2ccc(O)cc2)cc1)C(C)=O.CCCCCS(=O)CCCCCCCCCN(CCOc1ccc(/C(=C(/CC)c2ccccc2)c2ccc(OP(=O)(O)O)cc2)cc1)C(C)=O. The first kappa shape index (κ1) is 80.1. The van der Waals surface area contributed by atoms with Gasteiger partial charge in [-0.1, -0.05) is 227 Å². The number of rotatable bonds is 46. The van der Waals surface area contributed by atoms with Gasteiger partial charge in [-0.25, -0.2) is 4.57 Å². The van der Waals surface area contributed by atoms with Crippen molar-refractivity contribution in [3.63, 3.8) is 0 Å². The summed E-state index contributed by atoms with van der Waals surface area (Å²) in [5, 5.41) is 9.90. The number of benzene rings is 6. The van der Waals surface area contributed by atoms with Gasteiger partial charge in [0.25, 0.3) is 0 Å². The summed E-state index contributed by atoms with van der Waals surface area (Å²) >= 11 is 0. The number of aromatic hydroxyl groups is 1. The third kappa shape index (κ3) is 31.3. The van der Waals surface area contributed by atoms with Gasteiger partial charge in [-0.05, 0) is 156 Å². The van der Waals surface area contributed by atoms with E-state index in [0.29, 0.717) is 32.1 Å². The fourth-order valence-electron chi connectivity index (χ4n) is 11.8. The van der Waals surface area contributed by atoms with Crippen molar-refractivity contribution >= 4 is 63.5 Å². The van der Waals surface area contributed by atoms with Gasteiger partial charge in [-0.15, -0.1) is 0 Å². The smallest absolute Gasteiger partial charge is 0.508 e. The Bertz CT molecular complexity index is 3300. The normalized spacial score (nSPS) is 12.5. The fraction of sp³-hybridized carbons (Fsp3) is 0.475. The number of carbonyl (C=O) groups is 2. The quantitative estimate of drug-likeness (QED) is 0.0188. The van der Waals surface area contributed by atoms with Crippen LogP contribution in [0.5, 0.6) is 23.0 Å². The van der Waals surface area contributed by atoms with E-state index in [0.717, 1.165) is 163 Å². The minimum Gasteiger partial charge on any atom is -0.508 e. The zero-order chi connectivity index (χ0) is 69.2. The van der Waals surface area contributed by atoms with E-state index >= 15 is 0 Å². The van der Waals surface area contributed by atoms with E-state index < -0.39 is 29.4 Å². The number of carbonyl (C=O) groups excluding carboxylic acids is 2. The Kier molecular flexibility index (Phi) is 38.8. The van der Waals surface area contributed by atoms with Crippen molar-refractivity contribution < 1.29 is 51.5 Å². The van der Waals surface area contributed by atoms with Gasteiger partial charge < -0.3 is 28.9 Å². The number of nitrogens with zero attached hydrogens (tertiary/aromatic N) is 2. The van der Waals surface area contributed by atoms with E-state index in [4.69, 9.17) is 14.0 Å². The van der Waals surface area contributed by atoms with Crippen molar-refractivity contribution in [3.05, 3.63) is 191 Å². The number of phenols is 1. The summed E-state index contributed by atoms with van der Waals surface area (Å²) in [6.07, 6.45) is 24.2. The van der Waals surface area contributed by atoms with E-state index in [2.05, 4.69) is 76.2 Å². The summed E-state index contributed by atoms with van der Waals surface area (Å²) in [6, 6.07) is 50.8. The Balaban J connectivity index is 0.000000348. The molecule has 6 rings (SSSR count). The second-order valence-electron chi connectivity index (χ2n) is 24.6. The molecule has 16 heteroatoms. The number of ether oxygens (including phenoxy) is 2. The van der Waals surface area contributed by atoms with Gasteiger partial charge in [0.2, 0.25) is 11.8 Å². The molecule has 0 spiro atoms. The molecule has 524 valence electrons. The lowest BCUT2D eigenvalue weighted by atomic mass is 9.88. The van der Waals surface area contributed by atoms with Gasteiger partial charge in [0.15, 0.2) is 0 Å². The Labute approximate surface area is 580 Å². The van der Waals surface area contributed by atoms with Gasteiger partial charge in [0, 0.05) is 71.5 Å². The maximum atomic E-state index is 12.3. The van der Waals surface area contributed by atoms with Crippen molar-refractivity contribution in [3.8, 4) is 23.0 Å². The minimum absolute atomic E-state index is 0.0517. The van der Waals surface area contributed by atoms with Gasteiger partial charge in [0.1, 0.15) is 36.2 Å². The number of phosphoric acid groups is 1. The molecule has 96 heavy (non-hydrogen) atoms. The van der Waals surface area contributed by atoms with Crippen LogP contribution in [0.2, 0.25) is 0 Å². The van der Waals surface area contributed by atoms with Crippen LogP contribution >= 0.6 is 7.82 Å². The van der Waals surface area contributed by atoms with Crippen molar-refractivity contribution in [1.82, 2.24) is 9.80 Å². The molecule has 0 radical (unpaired) electrons. The molecule has 0 bridgehead atoms. The summed E-state index contributed by atoms with van der Waals surface area (Å²) in [4.78, 5) is 46.7. The highest BCUT2D eigenvalue weighted by molar-refractivity contribution is 7.85. The van der Waals surface area contributed by atoms with Gasteiger partial charge in [-0.3, -0.25) is 27.8 Å². The first-order valence-electron chi connectivity index (χ1n) is 35.4. The molecule has 6 aromatic carbocycles. The van der Waals surface area contributed by atoms with Crippen LogP contribution in [0.4, 0.5) is 0 Å². The van der Waals surface area contributed by atoms with E-state index in [1.165, 1.54) is 75.3 Å². The average Bonchev–Trinajstić information content (AvgIpc) is 0.814. The maximum Gasteiger partial charge on any atom is 0.524 e. The number of hydrogen-bond acceptors (Lipinski definition) is 9. The third-order valence-electron chi connectivity index (χ3n) is 17.1. The largest absolute Gasteiger partial charge is 0.524 e. The molecule has 0 saturated heterocycles. The zero-order valence-corrected chi connectivity index (χ0v) is 60.9. The molecule has 0 aliphatic heterocycles. The highest BCUT2D eigenvalue weighted by Gasteiger charge is 2.19. The molecule has 2 unspecified atom stereocenters.